The van der Waals surface area contributed by atoms with Crippen molar-refractivity contribution in [1.29, 1.82) is 5.26 Å². The van der Waals surface area contributed by atoms with E-state index in [2.05, 4.69) is 5.32 Å². The Balaban J connectivity index is 3.62. The van der Waals surface area contributed by atoms with Crippen LogP contribution in [0.2, 0.25) is 0 Å². The van der Waals surface area contributed by atoms with E-state index in [0.717, 1.165) is 0 Å². The van der Waals surface area contributed by atoms with Crippen molar-refractivity contribution >= 4 is 9.84 Å². The van der Waals surface area contributed by atoms with Gasteiger partial charge in [0.25, 0.3) is 0 Å². The van der Waals surface area contributed by atoms with Crippen LogP contribution in [0.25, 0.3) is 0 Å². The van der Waals surface area contributed by atoms with Crippen molar-refractivity contribution in [1.82, 2.24) is 5.32 Å². The second kappa shape index (κ2) is 5.12. The van der Waals surface area contributed by atoms with E-state index in [9.17, 15) is 8.42 Å². The van der Waals surface area contributed by atoms with Crippen LogP contribution in [0.3, 0.4) is 0 Å². The molecule has 12 heavy (non-hydrogen) atoms. The summed E-state index contributed by atoms with van der Waals surface area (Å²) in [5, 5.41) is 11.1. The molecule has 0 rings (SSSR count). The minimum absolute atomic E-state index is 0.0756. The minimum Gasteiger partial charge on any atom is -0.312 e. The summed E-state index contributed by atoms with van der Waals surface area (Å²) < 4.78 is 21.5. The highest BCUT2D eigenvalue weighted by Crippen LogP contribution is 1.89. The lowest BCUT2D eigenvalue weighted by Crippen LogP contribution is -2.33. The van der Waals surface area contributed by atoms with Crippen LogP contribution in [0.4, 0.5) is 0 Å². The van der Waals surface area contributed by atoms with Crippen LogP contribution in [0.1, 0.15) is 13.3 Å². The van der Waals surface area contributed by atoms with E-state index < -0.39 is 9.84 Å². The quantitative estimate of drug-likeness (QED) is 0.616. The van der Waals surface area contributed by atoms with Gasteiger partial charge in [0.15, 0.2) is 0 Å². The van der Waals surface area contributed by atoms with Crippen molar-refractivity contribution in [2.75, 3.05) is 18.6 Å². The van der Waals surface area contributed by atoms with Gasteiger partial charge in [0, 0.05) is 25.3 Å². The summed E-state index contributed by atoms with van der Waals surface area (Å²) >= 11 is 0. The summed E-state index contributed by atoms with van der Waals surface area (Å²) in [5.74, 6) is 0.123. The summed E-state index contributed by atoms with van der Waals surface area (Å²) in [6.45, 7) is 2.34. The molecule has 0 aromatic carbocycles. The van der Waals surface area contributed by atoms with Gasteiger partial charge in [-0.2, -0.15) is 5.26 Å². The van der Waals surface area contributed by atoms with Crippen LogP contribution >= 0.6 is 0 Å². The lowest BCUT2D eigenvalue weighted by molar-refractivity contribution is 0.564. The topological polar surface area (TPSA) is 70.0 Å². The summed E-state index contributed by atoms with van der Waals surface area (Å²) in [5.41, 5.74) is 0. The molecule has 1 unspecified atom stereocenters. The lowest BCUT2D eigenvalue weighted by atomic mass is 10.3. The van der Waals surface area contributed by atoms with Gasteiger partial charge in [-0.15, -0.1) is 0 Å². The Morgan fingerprint density at radius 1 is 1.58 bits per heavy atom. The third-order valence-corrected chi connectivity index (χ3v) is 2.39. The number of sulfone groups is 1. The van der Waals surface area contributed by atoms with E-state index in [4.69, 9.17) is 5.26 Å². The maximum absolute atomic E-state index is 10.8. The van der Waals surface area contributed by atoms with Crippen molar-refractivity contribution in [3.8, 4) is 6.07 Å². The Morgan fingerprint density at radius 3 is 2.58 bits per heavy atom. The van der Waals surface area contributed by atoms with Crippen molar-refractivity contribution in [3.63, 3.8) is 0 Å². The fourth-order valence-corrected chi connectivity index (χ4v) is 1.91. The third-order valence-electron chi connectivity index (χ3n) is 1.28. The SMILES string of the molecule is CC(CS(C)(=O)=O)NCCC#N. The fraction of sp³-hybridized carbons (Fsp3) is 0.857. The van der Waals surface area contributed by atoms with Crippen molar-refractivity contribution in [2.45, 2.75) is 19.4 Å². The van der Waals surface area contributed by atoms with Crippen molar-refractivity contribution < 1.29 is 8.42 Å². The van der Waals surface area contributed by atoms with Gasteiger partial charge in [-0.05, 0) is 6.92 Å². The number of nitrogens with zero attached hydrogens (tertiary/aromatic N) is 1. The fourth-order valence-electron chi connectivity index (χ4n) is 0.888. The normalized spacial score (nSPS) is 13.8. The molecule has 5 heteroatoms. The highest BCUT2D eigenvalue weighted by atomic mass is 32.2. The summed E-state index contributed by atoms with van der Waals surface area (Å²) in [6, 6.07) is 1.90. The van der Waals surface area contributed by atoms with E-state index in [1.165, 1.54) is 6.26 Å². The first-order valence-corrected chi connectivity index (χ1v) is 5.80. The number of rotatable bonds is 5. The molecular weight excluding hydrogens is 176 g/mol. The van der Waals surface area contributed by atoms with Gasteiger partial charge >= 0.3 is 0 Å². The average molecular weight is 190 g/mol. The summed E-state index contributed by atoms with van der Waals surface area (Å²) in [7, 11) is -2.91. The Labute approximate surface area is 73.5 Å². The molecule has 0 saturated carbocycles. The lowest BCUT2D eigenvalue weighted by Gasteiger charge is -2.10. The zero-order valence-electron chi connectivity index (χ0n) is 7.37. The van der Waals surface area contributed by atoms with Crippen LogP contribution in [-0.4, -0.2) is 33.0 Å². The monoisotopic (exact) mass is 190 g/mol. The molecule has 0 fully saturated rings. The second-order valence-electron chi connectivity index (χ2n) is 2.86. The molecule has 70 valence electrons. The van der Waals surface area contributed by atoms with E-state index in [0.29, 0.717) is 13.0 Å². The number of hydrogen-bond acceptors (Lipinski definition) is 4. The van der Waals surface area contributed by atoms with E-state index in [-0.39, 0.29) is 11.8 Å². The van der Waals surface area contributed by atoms with Crippen molar-refractivity contribution in [2.24, 2.45) is 0 Å². The van der Waals surface area contributed by atoms with Crippen LogP contribution in [-0.2, 0) is 9.84 Å². The molecule has 0 saturated heterocycles. The predicted octanol–water partition coefficient (Wildman–Crippen LogP) is -0.0772. The van der Waals surface area contributed by atoms with Gasteiger partial charge in [0.2, 0.25) is 0 Å². The molecule has 0 bridgehead atoms. The highest BCUT2D eigenvalue weighted by molar-refractivity contribution is 7.90. The molecule has 0 aliphatic rings. The Kier molecular flexibility index (Phi) is 4.86. The zero-order chi connectivity index (χ0) is 9.61. The molecular formula is C7H14N2O2S. The molecule has 0 aromatic heterocycles. The molecule has 0 radical (unpaired) electrons. The Bertz CT molecular complexity index is 253. The first kappa shape index (κ1) is 11.4. The molecule has 1 N–H and O–H groups in total. The average Bonchev–Trinajstić information content (AvgIpc) is 1.84. The van der Waals surface area contributed by atoms with Crippen LogP contribution < -0.4 is 5.32 Å². The largest absolute Gasteiger partial charge is 0.312 e. The molecule has 4 nitrogen and oxygen atoms in total. The maximum Gasteiger partial charge on any atom is 0.148 e. The van der Waals surface area contributed by atoms with Gasteiger partial charge < -0.3 is 5.32 Å². The van der Waals surface area contributed by atoms with Gasteiger partial charge in [0.05, 0.1) is 11.8 Å². The molecule has 1 atom stereocenters. The first-order valence-electron chi connectivity index (χ1n) is 3.74. The Morgan fingerprint density at radius 2 is 2.17 bits per heavy atom. The smallest absolute Gasteiger partial charge is 0.148 e. The Hall–Kier alpha value is -0.600. The van der Waals surface area contributed by atoms with Crippen LogP contribution in [0.5, 0.6) is 0 Å². The number of nitriles is 1. The molecule has 0 spiro atoms. The van der Waals surface area contributed by atoms with E-state index in [1.807, 2.05) is 6.07 Å². The van der Waals surface area contributed by atoms with Gasteiger partial charge in [-0.3, -0.25) is 0 Å². The highest BCUT2D eigenvalue weighted by Gasteiger charge is 2.08. The summed E-state index contributed by atoms with van der Waals surface area (Å²) in [4.78, 5) is 0. The maximum atomic E-state index is 10.8. The van der Waals surface area contributed by atoms with E-state index >= 15 is 0 Å². The molecule has 0 amide bonds. The minimum atomic E-state index is -2.91. The van der Waals surface area contributed by atoms with Crippen molar-refractivity contribution in [3.05, 3.63) is 0 Å². The molecule has 0 aliphatic carbocycles. The van der Waals surface area contributed by atoms with Crippen LogP contribution in [0, 0.1) is 11.3 Å². The van der Waals surface area contributed by atoms with Gasteiger partial charge in [-0.25, -0.2) is 8.42 Å². The number of nitrogens with one attached hydrogen (secondary N) is 1. The van der Waals surface area contributed by atoms with Gasteiger partial charge in [-0.1, -0.05) is 0 Å². The second-order valence-corrected chi connectivity index (χ2v) is 5.04. The van der Waals surface area contributed by atoms with E-state index in [1.54, 1.807) is 6.92 Å². The summed E-state index contributed by atoms with van der Waals surface area (Å²) in [6.07, 6.45) is 1.61. The standard InChI is InChI=1S/C7H14N2O2S/c1-7(6-12(2,10)11)9-5-3-4-8/h7,9H,3,5-6H2,1-2H3. The zero-order valence-corrected chi connectivity index (χ0v) is 8.19. The molecule has 0 heterocycles. The molecule has 0 aliphatic heterocycles. The first-order chi connectivity index (χ1) is 5.45. The van der Waals surface area contributed by atoms with Gasteiger partial charge in [0.1, 0.15) is 9.84 Å². The predicted molar refractivity (Wildman–Crippen MR) is 47.4 cm³/mol. The molecule has 0 aromatic rings. The third kappa shape index (κ3) is 7.51. The number of hydrogen-bond donors (Lipinski definition) is 1. The van der Waals surface area contributed by atoms with Crippen LogP contribution in [0.15, 0.2) is 0 Å².